The molecule has 18 heavy (non-hydrogen) atoms. The first-order valence-corrected chi connectivity index (χ1v) is 8.26. The molecule has 1 radical (unpaired) electrons. The Morgan fingerprint density at radius 1 is 0.944 bits per heavy atom. The second-order valence-corrected chi connectivity index (χ2v) is 6.57. The fourth-order valence-corrected chi connectivity index (χ4v) is 3.09. The van der Waals surface area contributed by atoms with Crippen molar-refractivity contribution in [2.75, 3.05) is 0 Å². The van der Waals surface area contributed by atoms with Crippen LogP contribution in [0.3, 0.4) is 0 Å². The van der Waals surface area contributed by atoms with E-state index in [0.29, 0.717) is 5.41 Å². The van der Waals surface area contributed by atoms with Gasteiger partial charge >= 0.3 is 0 Å². The maximum absolute atomic E-state index is 2.41. The van der Waals surface area contributed by atoms with E-state index in [1.54, 1.807) is 5.92 Å². The number of hydrogen-bond donors (Lipinski definition) is 0. The predicted octanol–water partition coefficient (Wildman–Crippen LogP) is 6.65. The highest BCUT2D eigenvalue weighted by Crippen LogP contribution is 2.45. The monoisotopic (exact) mass is 253 g/mol. The highest BCUT2D eigenvalue weighted by Gasteiger charge is 2.33. The molecule has 0 saturated heterocycles. The molecule has 0 N–H and O–H groups in total. The molecule has 0 fully saturated rings. The number of rotatable bonds is 10. The Morgan fingerprint density at radius 3 is 1.83 bits per heavy atom. The van der Waals surface area contributed by atoms with Crippen molar-refractivity contribution < 1.29 is 0 Å². The summed E-state index contributed by atoms with van der Waals surface area (Å²) >= 11 is 0. The number of hydrogen-bond acceptors (Lipinski definition) is 0. The molecular weight excluding hydrogens is 216 g/mol. The van der Waals surface area contributed by atoms with E-state index < -0.39 is 0 Å². The van der Waals surface area contributed by atoms with Crippen LogP contribution in [0.4, 0.5) is 0 Å². The van der Waals surface area contributed by atoms with Crippen LogP contribution < -0.4 is 0 Å². The molecule has 0 aliphatic carbocycles. The van der Waals surface area contributed by atoms with Crippen LogP contribution in [-0.4, -0.2) is 0 Å². The first kappa shape index (κ1) is 18.0. The van der Waals surface area contributed by atoms with Crippen LogP contribution in [0.5, 0.6) is 0 Å². The lowest BCUT2D eigenvalue weighted by Gasteiger charge is -2.40. The second-order valence-electron chi connectivity index (χ2n) is 6.57. The summed E-state index contributed by atoms with van der Waals surface area (Å²) in [7, 11) is 0. The fourth-order valence-electron chi connectivity index (χ4n) is 3.09. The van der Waals surface area contributed by atoms with E-state index in [9.17, 15) is 0 Å². The Morgan fingerprint density at radius 2 is 1.50 bits per heavy atom. The minimum absolute atomic E-state index is 0.514. The van der Waals surface area contributed by atoms with Crippen LogP contribution in [0.15, 0.2) is 0 Å². The first-order chi connectivity index (χ1) is 8.45. The van der Waals surface area contributed by atoms with Crippen molar-refractivity contribution >= 4 is 0 Å². The Balaban J connectivity index is 4.70. The van der Waals surface area contributed by atoms with Crippen molar-refractivity contribution in [1.82, 2.24) is 0 Å². The molecule has 0 saturated carbocycles. The molecule has 0 rings (SSSR count). The summed E-state index contributed by atoms with van der Waals surface area (Å²) in [4.78, 5) is 0. The van der Waals surface area contributed by atoms with Crippen molar-refractivity contribution in [3.8, 4) is 0 Å². The van der Waals surface area contributed by atoms with E-state index >= 15 is 0 Å². The van der Waals surface area contributed by atoms with Gasteiger partial charge in [0.05, 0.1) is 0 Å². The zero-order valence-corrected chi connectivity index (χ0v) is 14.1. The maximum atomic E-state index is 2.41. The van der Waals surface area contributed by atoms with Gasteiger partial charge in [0.15, 0.2) is 0 Å². The van der Waals surface area contributed by atoms with Gasteiger partial charge in [-0.25, -0.2) is 0 Å². The molecule has 2 atom stereocenters. The molecule has 2 unspecified atom stereocenters. The van der Waals surface area contributed by atoms with Gasteiger partial charge in [0.2, 0.25) is 0 Å². The molecule has 0 aromatic carbocycles. The average molecular weight is 253 g/mol. The molecule has 0 nitrogen and oxygen atoms in total. The summed E-state index contributed by atoms with van der Waals surface area (Å²) in [6.45, 7) is 16.6. The van der Waals surface area contributed by atoms with E-state index in [0.717, 1.165) is 11.8 Å². The third-order valence-corrected chi connectivity index (χ3v) is 5.38. The van der Waals surface area contributed by atoms with Gasteiger partial charge < -0.3 is 0 Å². The Kier molecular flexibility index (Phi) is 8.99. The van der Waals surface area contributed by atoms with Gasteiger partial charge in [-0.3, -0.25) is 0 Å². The van der Waals surface area contributed by atoms with Gasteiger partial charge in [0.1, 0.15) is 0 Å². The van der Waals surface area contributed by atoms with Crippen LogP contribution in [0.2, 0.25) is 0 Å². The maximum Gasteiger partial charge on any atom is -0.0241 e. The van der Waals surface area contributed by atoms with Crippen LogP contribution >= 0.6 is 0 Å². The fraction of sp³-hybridized carbons (Fsp3) is 0.944. The van der Waals surface area contributed by atoms with Crippen molar-refractivity contribution in [2.45, 2.75) is 93.4 Å². The van der Waals surface area contributed by atoms with Crippen LogP contribution in [-0.2, 0) is 0 Å². The molecule has 0 spiro atoms. The van der Waals surface area contributed by atoms with Gasteiger partial charge in [0.25, 0.3) is 0 Å². The zero-order valence-electron chi connectivity index (χ0n) is 14.1. The topological polar surface area (TPSA) is 0 Å². The van der Waals surface area contributed by atoms with Gasteiger partial charge in [-0.2, -0.15) is 0 Å². The Labute approximate surface area is 117 Å². The van der Waals surface area contributed by atoms with Gasteiger partial charge in [-0.15, -0.1) is 0 Å². The van der Waals surface area contributed by atoms with E-state index in [4.69, 9.17) is 0 Å². The lowest BCUT2D eigenvalue weighted by Crippen LogP contribution is -2.29. The Hall–Kier alpha value is 0. The van der Waals surface area contributed by atoms with Gasteiger partial charge in [-0.1, -0.05) is 74.1 Å². The standard InChI is InChI=1S/C18H37/c1-8-16(7)12-13-18(11-4,15(5)6)14-17(9-2)10-3/h16-17H,8-14H2,1-7H3. The molecule has 0 aromatic heterocycles. The molecule has 0 heterocycles. The highest BCUT2D eigenvalue weighted by atomic mass is 14.4. The molecule has 0 aliphatic heterocycles. The van der Waals surface area contributed by atoms with Gasteiger partial charge in [-0.05, 0) is 42.4 Å². The molecule has 0 amide bonds. The summed E-state index contributed by atoms with van der Waals surface area (Å²) in [5.41, 5.74) is 0.514. The second kappa shape index (κ2) is 8.99. The minimum atomic E-state index is 0.514. The van der Waals surface area contributed by atoms with Crippen molar-refractivity contribution in [1.29, 1.82) is 0 Å². The lowest BCUT2D eigenvalue weighted by molar-refractivity contribution is 0.182. The SMILES string of the molecule is CCC(C)CCC(CC)(CC(CC)CC)[C](C)C. The quantitative estimate of drug-likeness (QED) is 0.409. The lowest BCUT2D eigenvalue weighted by atomic mass is 9.65. The summed E-state index contributed by atoms with van der Waals surface area (Å²) in [6.07, 6.45) is 9.54. The first-order valence-electron chi connectivity index (χ1n) is 8.26. The smallest absolute Gasteiger partial charge is 0.0241 e. The molecular formula is C18H37. The van der Waals surface area contributed by atoms with Crippen molar-refractivity contribution in [2.24, 2.45) is 17.3 Å². The normalized spacial score (nSPS) is 17.2. The highest BCUT2D eigenvalue weighted by molar-refractivity contribution is 5.01. The largest absolute Gasteiger partial charge is 0.0651 e. The predicted molar refractivity (Wildman–Crippen MR) is 84.7 cm³/mol. The van der Waals surface area contributed by atoms with E-state index in [1.807, 2.05) is 0 Å². The molecule has 0 heteroatoms. The van der Waals surface area contributed by atoms with Crippen LogP contribution in [0, 0.1) is 23.2 Å². The van der Waals surface area contributed by atoms with Gasteiger partial charge in [0, 0.05) is 0 Å². The van der Waals surface area contributed by atoms with Crippen molar-refractivity contribution in [3.05, 3.63) is 5.92 Å². The molecule has 0 aliphatic rings. The third-order valence-electron chi connectivity index (χ3n) is 5.38. The minimum Gasteiger partial charge on any atom is -0.0651 e. The summed E-state index contributed by atoms with van der Waals surface area (Å²) in [6, 6.07) is 0. The molecule has 109 valence electrons. The molecule has 0 bridgehead atoms. The third kappa shape index (κ3) is 5.33. The Bertz CT molecular complexity index is 190. The average Bonchev–Trinajstić information content (AvgIpc) is 2.38. The zero-order chi connectivity index (χ0) is 14.2. The summed E-state index contributed by atoms with van der Waals surface area (Å²) in [5, 5.41) is 0. The summed E-state index contributed by atoms with van der Waals surface area (Å²) < 4.78 is 0. The van der Waals surface area contributed by atoms with Crippen LogP contribution in [0.1, 0.15) is 93.4 Å². The summed E-state index contributed by atoms with van der Waals surface area (Å²) in [5.74, 6) is 3.47. The van der Waals surface area contributed by atoms with E-state index in [1.165, 1.54) is 44.9 Å². The van der Waals surface area contributed by atoms with Crippen molar-refractivity contribution in [3.63, 3.8) is 0 Å². The van der Waals surface area contributed by atoms with E-state index in [-0.39, 0.29) is 0 Å². The van der Waals surface area contributed by atoms with Crippen LogP contribution in [0.25, 0.3) is 0 Å². The van der Waals surface area contributed by atoms with E-state index in [2.05, 4.69) is 48.5 Å². The molecule has 0 aromatic rings.